The van der Waals surface area contributed by atoms with Gasteiger partial charge in [0.15, 0.2) is 0 Å². The molecule has 1 aliphatic rings. The van der Waals surface area contributed by atoms with Gasteiger partial charge in [-0.15, -0.1) is 0 Å². The number of pyridine rings is 2. The number of hydrogen-bond donors (Lipinski definition) is 2. The Bertz CT molecular complexity index is 1130. The van der Waals surface area contributed by atoms with Crippen molar-refractivity contribution in [2.45, 2.75) is 56.7 Å². The molecule has 0 radical (unpaired) electrons. The third kappa shape index (κ3) is 4.68. The van der Waals surface area contributed by atoms with Crippen molar-refractivity contribution in [2.24, 2.45) is 0 Å². The number of alkyl halides is 2. The molecule has 1 saturated carbocycles. The first-order valence-corrected chi connectivity index (χ1v) is 11.2. The maximum atomic E-state index is 14.7. The molecule has 1 aromatic carbocycles. The molecule has 2 heterocycles. The van der Waals surface area contributed by atoms with E-state index in [0.717, 1.165) is 24.3 Å². The zero-order valence-electron chi connectivity index (χ0n) is 19.0. The summed E-state index contributed by atoms with van der Waals surface area (Å²) in [6.45, 7) is 1.72. The van der Waals surface area contributed by atoms with Crippen LogP contribution in [0.2, 0.25) is 0 Å². The first-order chi connectivity index (χ1) is 15.7. The molecule has 0 amide bonds. The summed E-state index contributed by atoms with van der Waals surface area (Å²) in [5.74, 6) is -0.903. The maximum absolute atomic E-state index is 14.7. The standard InChI is InChI=1S/C25H29F3N4O/c1-15(17-5-4-6-18(23(17)26)24(27)28)31-20-9-12-29-21-14-30-22(13-19(20)21)25(33)10-7-16(8-11-25)32(2)3/h4-6,9,12-16,24,33H,7-8,10-11H2,1-3H3,(H,29,31)/t15-,16?,25?/m1/s1. The summed E-state index contributed by atoms with van der Waals surface area (Å²) in [5, 5.41) is 15.3. The van der Waals surface area contributed by atoms with Gasteiger partial charge in [0.05, 0.1) is 29.0 Å². The third-order valence-corrected chi connectivity index (χ3v) is 6.75. The van der Waals surface area contributed by atoms with Gasteiger partial charge < -0.3 is 15.3 Å². The first-order valence-electron chi connectivity index (χ1n) is 11.2. The van der Waals surface area contributed by atoms with Crippen LogP contribution in [0.15, 0.2) is 42.7 Å². The summed E-state index contributed by atoms with van der Waals surface area (Å²) in [4.78, 5) is 11.0. The second-order valence-electron chi connectivity index (χ2n) is 9.09. The molecule has 1 fully saturated rings. The first kappa shape index (κ1) is 23.4. The largest absolute Gasteiger partial charge is 0.384 e. The molecule has 1 atom stereocenters. The molecule has 3 aromatic rings. The summed E-state index contributed by atoms with van der Waals surface area (Å²) >= 11 is 0. The number of nitrogens with one attached hydrogen (secondary N) is 1. The number of rotatable bonds is 6. The molecule has 0 aliphatic heterocycles. The van der Waals surface area contributed by atoms with Crippen LogP contribution in [0, 0.1) is 5.82 Å². The molecule has 8 heteroatoms. The van der Waals surface area contributed by atoms with E-state index in [0.29, 0.717) is 35.8 Å². The number of nitrogens with zero attached hydrogens (tertiary/aromatic N) is 3. The van der Waals surface area contributed by atoms with Crippen LogP contribution in [0.4, 0.5) is 18.9 Å². The Kier molecular flexibility index (Phi) is 6.59. The quantitative estimate of drug-likeness (QED) is 0.506. The number of hydrogen-bond acceptors (Lipinski definition) is 5. The Balaban J connectivity index is 1.64. The van der Waals surface area contributed by atoms with Crippen molar-refractivity contribution in [3.8, 4) is 0 Å². The highest BCUT2D eigenvalue weighted by Gasteiger charge is 2.36. The van der Waals surface area contributed by atoms with Crippen molar-refractivity contribution in [3.63, 3.8) is 0 Å². The zero-order valence-corrected chi connectivity index (χ0v) is 19.0. The van der Waals surface area contributed by atoms with E-state index < -0.39 is 29.4 Å². The average molecular weight is 459 g/mol. The van der Waals surface area contributed by atoms with E-state index in [9.17, 15) is 18.3 Å². The summed E-state index contributed by atoms with van der Waals surface area (Å²) < 4.78 is 40.9. The van der Waals surface area contributed by atoms with Crippen molar-refractivity contribution in [3.05, 3.63) is 65.4 Å². The molecule has 176 valence electrons. The van der Waals surface area contributed by atoms with Crippen molar-refractivity contribution >= 4 is 16.6 Å². The van der Waals surface area contributed by atoms with E-state index in [1.807, 2.05) is 20.2 Å². The highest BCUT2D eigenvalue weighted by atomic mass is 19.3. The zero-order chi connectivity index (χ0) is 23.8. The monoisotopic (exact) mass is 458 g/mol. The minimum absolute atomic E-state index is 0.160. The van der Waals surface area contributed by atoms with Gasteiger partial charge >= 0.3 is 0 Å². The van der Waals surface area contributed by atoms with Crippen molar-refractivity contribution in [2.75, 3.05) is 19.4 Å². The Morgan fingerprint density at radius 3 is 2.48 bits per heavy atom. The summed E-state index contributed by atoms with van der Waals surface area (Å²) in [7, 11) is 4.10. The molecule has 4 rings (SSSR count). The van der Waals surface area contributed by atoms with E-state index in [1.165, 1.54) is 12.1 Å². The number of aromatic nitrogens is 2. The van der Waals surface area contributed by atoms with E-state index in [-0.39, 0.29) is 5.56 Å². The molecular formula is C25H29F3N4O. The maximum Gasteiger partial charge on any atom is 0.266 e. The lowest BCUT2D eigenvalue weighted by Gasteiger charge is -2.38. The van der Waals surface area contributed by atoms with Crippen LogP contribution in [0.1, 0.15) is 61.9 Å². The highest BCUT2D eigenvalue weighted by Crippen LogP contribution is 2.39. The summed E-state index contributed by atoms with van der Waals surface area (Å²) in [6.07, 6.45) is 3.33. The molecule has 5 nitrogen and oxygen atoms in total. The van der Waals surface area contributed by atoms with Gasteiger partial charge in [-0.1, -0.05) is 18.2 Å². The van der Waals surface area contributed by atoms with Gasteiger partial charge in [-0.3, -0.25) is 9.97 Å². The SMILES string of the molecule is C[C@@H](Nc1ccnc2cnc(C3(O)CCC(N(C)C)CC3)cc12)c1cccc(C(F)F)c1F. The normalized spacial score (nSPS) is 22.2. The number of halogens is 3. The number of anilines is 1. The molecule has 0 spiro atoms. The molecule has 0 unspecified atom stereocenters. The van der Waals surface area contributed by atoms with Crippen LogP contribution in [-0.2, 0) is 5.60 Å². The average Bonchev–Trinajstić information content (AvgIpc) is 2.79. The minimum Gasteiger partial charge on any atom is -0.384 e. The van der Waals surface area contributed by atoms with Crippen LogP contribution >= 0.6 is 0 Å². The predicted octanol–water partition coefficient (Wildman–Crippen LogP) is 5.57. The van der Waals surface area contributed by atoms with Gasteiger partial charge in [0.2, 0.25) is 0 Å². The molecular weight excluding hydrogens is 429 g/mol. The van der Waals surface area contributed by atoms with E-state index in [4.69, 9.17) is 0 Å². The third-order valence-electron chi connectivity index (χ3n) is 6.75. The van der Waals surface area contributed by atoms with Gasteiger partial charge in [0.25, 0.3) is 6.43 Å². The van der Waals surface area contributed by atoms with Crippen molar-refractivity contribution in [1.82, 2.24) is 14.9 Å². The lowest BCUT2D eigenvalue weighted by molar-refractivity contribution is -0.0224. The Hall–Kier alpha value is -2.71. The summed E-state index contributed by atoms with van der Waals surface area (Å²) in [6, 6.07) is 7.49. The smallest absolute Gasteiger partial charge is 0.266 e. The molecule has 2 aromatic heterocycles. The van der Waals surface area contributed by atoms with Gasteiger partial charge in [0, 0.05) is 28.9 Å². The highest BCUT2D eigenvalue weighted by molar-refractivity contribution is 5.91. The fourth-order valence-electron chi connectivity index (χ4n) is 4.66. The van der Waals surface area contributed by atoms with Crippen LogP contribution < -0.4 is 5.32 Å². The minimum atomic E-state index is -2.88. The Labute approximate surface area is 191 Å². The Morgan fingerprint density at radius 2 is 1.82 bits per heavy atom. The van der Waals surface area contributed by atoms with E-state index in [1.54, 1.807) is 25.4 Å². The van der Waals surface area contributed by atoms with E-state index in [2.05, 4.69) is 20.2 Å². The summed E-state index contributed by atoms with van der Waals surface area (Å²) in [5.41, 5.74) is 0.418. The fraction of sp³-hybridized carbons (Fsp3) is 0.440. The predicted molar refractivity (Wildman–Crippen MR) is 123 cm³/mol. The second kappa shape index (κ2) is 9.27. The number of benzene rings is 1. The molecule has 33 heavy (non-hydrogen) atoms. The molecule has 0 saturated heterocycles. The van der Waals surface area contributed by atoms with Crippen molar-refractivity contribution < 1.29 is 18.3 Å². The topological polar surface area (TPSA) is 61.3 Å². The lowest BCUT2D eigenvalue weighted by atomic mass is 9.79. The van der Waals surface area contributed by atoms with Gasteiger partial charge in [0.1, 0.15) is 11.4 Å². The molecule has 1 aliphatic carbocycles. The van der Waals surface area contributed by atoms with Crippen molar-refractivity contribution in [1.29, 1.82) is 0 Å². The second-order valence-corrected chi connectivity index (χ2v) is 9.09. The van der Waals surface area contributed by atoms with Gasteiger partial charge in [-0.05, 0) is 58.8 Å². The number of aliphatic hydroxyl groups is 1. The van der Waals surface area contributed by atoms with E-state index >= 15 is 0 Å². The molecule has 0 bridgehead atoms. The van der Waals surface area contributed by atoms with Gasteiger partial charge in [-0.25, -0.2) is 13.2 Å². The van der Waals surface area contributed by atoms with Crippen LogP contribution in [0.5, 0.6) is 0 Å². The number of fused-ring (bicyclic) bond motifs is 1. The lowest BCUT2D eigenvalue weighted by Crippen LogP contribution is -2.39. The fourth-order valence-corrected chi connectivity index (χ4v) is 4.66. The van der Waals surface area contributed by atoms with Crippen LogP contribution in [-0.4, -0.2) is 40.1 Å². The van der Waals surface area contributed by atoms with Gasteiger partial charge in [-0.2, -0.15) is 0 Å². The Morgan fingerprint density at radius 1 is 1.12 bits per heavy atom. The van der Waals surface area contributed by atoms with Crippen LogP contribution in [0.25, 0.3) is 10.9 Å². The van der Waals surface area contributed by atoms with Crippen LogP contribution in [0.3, 0.4) is 0 Å². The molecule has 2 N–H and O–H groups in total.